The van der Waals surface area contributed by atoms with E-state index in [1.165, 1.54) is 0 Å². The lowest BCUT2D eigenvalue weighted by atomic mass is 9.77. The minimum atomic E-state index is -0.949. The maximum atomic E-state index is 12.5. The largest absolute Gasteiger partial charge is 0.409 e. The molecule has 0 aliphatic carbocycles. The van der Waals surface area contributed by atoms with Crippen LogP contribution in [-0.4, -0.2) is 62.4 Å². The van der Waals surface area contributed by atoms with Crippen molar-refractivity contribution in [1.82, 2.24) is 4.90 Å². The van der Waals surface area contributed by atoms with Crippen LogP contribution >= 0.6 is 0 Å². The molecule has 3 N–H and O–H groups in total. The van der Waals surface area contributed by atoms with Gasteiger partial charge in [0, 0.05) is 33.9 Å². The number of oxime groups is 1. The predicted octanol–water partition coefficient (Wildman–Crippen LogP) is -0.366. The molecule has 1 amide bonds. The van der Waals surface area contributed by atoms with Gasteiger partial charge in [-0.05, 0) is 12.8 Å². The SMILES string of the molecule is COCCN(C)C(=O)C1(C(N)=NO)CCOCC1. The van der Waals surface area contributed by atoms with Gasteiger partial charge in [-0.25, -0.2) is 0 Å². The summed E-state index contributed by atoms with van der Waals surface area (Å²) in [7, 11) is 3.26. The zero-order valence-electron chi connectivity index (χ0n) is 10.9. The molecular formula is C11H21N3O4. The molecule has 18 heavy (non-hydrogen) atoms. The van der Waals surface area contributed by atoms with E-state index in [0.29, 0.717) is 39.2 Å². The van der Waals surface area contributed by atoms with E-state index in [1.807, 2.05) is 0 Å². The van der Waals surface area contributed by atoms with Crippen LogP contribution in [0.15, 0.2) is 5.16 Å². The first-order valence-corrected chi connectivity index (χ1v) is 5.88. The fraction of sp³-hybridized carbons (Fsp3) is 0.818. The number of hydrogen-bond donors (Lipinski definition) is 2. The van der Waals surface area contributed by atoms with E-state index in [0.717, 1.165) is 0 Å². The van der Waals surface area contributed by atoms with Gasteiger partial charge in [-0.15, -0.1) is 0 Å². The third-order valence-corrected chi connectivity index (χ3v) is 3.33. The second-order valence-electron chi connectivity index (χ2n) is 4.40. The van der Waals surface area contributed by atoms with Gasteiger partial charge in [-0.3, -0.25) is 4.79 Å². The van der Waals surface area contributed by atoms with Gasteiger partial charge in [-0.1, -0.05) is 5.16 Å². The van der Waals surface area contributed by atoms with Gasteiger partial charge in [-0.2, -0.15) is 0 Å². The van der Waals surface area contributed by atoms with Gasteiger partial charge in [0.1, 0.15) is 5.41 Å². The normalized spacial score (nSPS) is 19.6. The first-order chi connectivity index (χ1) is 8.58. The van der Waals surface area contributed by atoms with E-state index in [1.54, 1.807) is 19.1 Å². The van der Waals surface area contributed by atoms with Crippen molar-refractivity contribution < 1.29 is 19.5 Å². The third-order valence-electron chi connectivity index (χ3n) is 3.33. The van der Waals surface area contributed by atoms with Crippen LogP contribution in [0.2, 0.25) is 0 Å². The second-order valence-corrected chi connectivity index (χ2v) is 4.40. The Morgan fingerprint density at radius 2 is 2.17 bits per heavy atom. The molecule has 1 fully saturated rings. The molecule has 0 aromatic carbocycles. The topological polar surface area (TPSA) is 97.4 Å². The van der Waals surface area contributed by atoms with E-state index in [-0.39, 0.29) is 11.7 Å². The summed E-state index contributed by atoms with van der Waals surface area (Å²) >= 11 is 0. The Morgan fingerprint density at radius 3 is 2.67 bits per heavy atom. The lowest BCUT2D eigenvalue weighted by Gasteiger charge is -2.37. The van der Waals surface area contributed by atoms with E-state index < -0.39 is 5.41 Å². The molecule has 1 aliphatic rings. The molecule has 1 heterocycles. The van der Waals surface area contributed by atoms with Gasteiger partial charge >= 0.3 is 0 Å². The average molecular weight is 259 g/mol. The summed E-state index contributed by atoms with van der Waals surface area (Å²) in [5.41, 5.74) is 4.77. The molecule has 0 saturated carbocycles. The molecule has 0 bridgehead atoms. The molecule has 7 nitrogen and oxygen atoms in total. The monoisotopic (exact) mass is 259 g/mol. The number of carbonyl (C=O) groups excluding carboxylic acids is 1. The van der Waals surface area contributed by atoms with E-state index in [2.05, 4.69) is 5.16 Å². The Morgan fingerprint density at radius 1 is 1.56 bits per heavy atom. The minimum Gasteiger partial charge on any atom is -0.409 e. The summed E-state index contributed by atoms with van der Waals surface area (Å²) in [4.78, 5) is 14.0. The van der Waals surface area contributed by atoms with Gasteiger partial charge in [0.05, 0.1) is 6.61 Å². The highest BCUT2D eigenvalue weighted by molar-refractivity contribution is 6.06. The number of amidine groups is 1. The van der Waals surface area contributed by atoms with Crippen molar-refractivity contribution in [2.24, 2.45) is 16.3 Å². The molecule has 0 spiro atoms. The zero-order chi connectivity index (χ0) is 13.6. The highest BCUT2D eigenvalue weighted by Gasteiger charge is 2.45. The smallest absolute Gasteiger partial charge is 0.236 e. The van der Waals surface area contributed by atoms with Crippen molar-refractivity contribution in [2.45, 2.75) is 12.8 Å². The molecular weight excluding hydrogens is 238 g/mol. The molecule has 0 atom stereocenters. The Kier molecular flexibility index (Phi) is 5.36. The Balaban J connectivity index is 2.86. The van der Waals surface area contributed by atoms with Gasteiger partial charge in [0.2, 0.25) is 5.91 Å². The number of rotatable bonds is 5. The van der Waals surface area contributed by atoms with Crippen LogP contribution in [-0.2, 0) is 14.3 Å². The highest BCUT2D eigenvalue weighted by Crippen LogP contribution is 2.32. The number of nitrogens with two attached hydrogens (primary N) is 1. The summed E-state index contributed by atoms with van der Waals surface area (Å²) < 4.78 is 10.2. The van der Waals surface area contributed by atoms with Crippen molar-refractivity contribution in [3.63, 3.8) is 0 Å². The van der Waals surface area contributed by atoms with Crippen LogP contribution in [0, 0.1) is 5.41 Å². The molecule has 1 rings (SSSR count). The zero-order valence-corrected chi connectivity index (χ0v) is 10.9. The van der Waals surface area contributed by atoms with Crippen molar-refractivity contribution >= 4 is 11.7 Å². The molecule has 7 heteroatoms. The number of nitrogens with zero attached hydrogens (tertiary/aromatic N) is 2. The molecule has 0 unspecified atom stereocenters. The number of amides is 1. The fourth-order valence-corrected chi connectivity index (χ4v) is 2.09. The molecule has 1 saturated heterocycles. The van der Waals surface area contributed by atoms with Crippen molar-refractivity contribution in [1.29, 1.82) is 0 Å². The van der Waals surface area contributed by atoms with Crippen LogP contribution in [0.25, 0.3) is 0 Å². The van der Waals surface area contributed by atoms with Crippen LogP contribution in [0.1, 0.15) is 12.8 Å². The third kappa shape index (κ3) is 2.91. The summed E-state index contributed by atoms with van der Waals surface area (Å²) in [6.07, 6.45) is 0.859. The Hall–Kier alpha value is -1.34. The number of hydrogen-bond acceptors (Lipinski definition) is 5. The number of ether oxygens (including phenoxy) is 2. The molecule has 104 valence electrons. The lowest BCUT2D eigenvalue weighted by Crippen LogP contribution is -2.53. The van der Waals surface area contributed by atoms with Gasteiger partial charge < -0.3 is 25.3 Å². The van der Waals surface area contributed by atoms with E-state index in [9.17, 15) is 4.79 Å². The van der Waals surface area contributed by atoms with Gasteiger partial charge in [0.15, 0.2) is 5.84 Å². The molecule has 1 aliphatic heterocycles. The van der Waals surface area contributed by atoms with Crippen LogP contribution in [0.4, 0.5) is 0 Å². The highest BCUT2D eigenvalue weighted by atomic mass is 16.5. The van der Waals surface area contributed by atoms with Gasteiger partial charge in [0.25, 0.3) is 0 Å². The van der Waals surface area contributed by atoms with Crippen LogP contribution in [0.3, 0.4) is 0 Å². The summed E-state index contributed by atoms with van der Waals surface area (Å²) in [5, 5.41) is 11.9. The van der Waals surface area contributed by atoms with Crippen molar-refractivity contribution in [3.05, 3.63) is 0 Å². The standard InChI is InChI=1S/C11H21N3O4/c1-14(5-8-17-2)10(15)11(9(12)13-16)3-6-18-7-4-11/h16H,3-8H2,1-2H3,(H2,12,13). The van der Waals surface area contributed by atoms with Crippen LogP contribution < -0.4 is 5.73 Å². The maximum Gasteiger partial charge on any atom is 0.236 e. The quantitative estimate of drug-likeness (QED) is 0.304. The summed E-state index contributed by atoms with van der Waals surface area (Å²) in [5.74, 6) is -0.196. The lowest BCUT2D eigenvalue weighted by molar-refractivity contribution is -0.141. The predicted molar refractivity (Wildman–Crippen MR) is 65.4 cm³/mol. The Labute approximate surface area is 107 Å². The van der Waals surface area contributed by atoms with Crippen LogP contribution in [0.5, 0.6) is 0 Å². The minimum absolute atomic E-state index is 0.0416. The first-order valence-electron chi connectivity index (χ1n) is 5.88. The van der Waals surface area contributed by atoms with E-state index in [4.69, 9.17) is 20.4 Å². The van der Waals surface area contributed by atoms with Crippen molar-refractivity contribution in [2.75, 3.05) is 40.5 Å². The first kappa shape index (κ1) is 14.7. The molecule has 0 aromatic rings. The number of carbonyl (C=O) groups is 1. The van der Waals surface area contributed by atoms with Crippen molar-refractivity contribution in [3.8, 4) is 0 Å². The summed E-state index contributed by atoms with van der Waals surface area (Å²) in [6.45, 7) is 1.78. The Bertz CT molecular complexity index is 313. The van der Waals surface area contributed by atoms with E-state index >= 15 is 0 Å². The summed E-state index contributed by atoms with van der Waals surface area (Å²) in [6, 6.07) is 0. The molecule has 0 aromatic heterocycles. The fourth-order valence-electron chi connectivity index (χ4n) is 2.09. The average Bonchev–Trinajstić information content (AvgIpc) is 2.43. The maximum absolute atomic E-state index is 12.5. The molecule has 0 radical (unpaired) electrons. The number of likely N-dealkylation sites (N-methyl/N-ethyl adjacent to an activating group) is 1. The number of methoxy groups -OCH3 is 1. The second kappa shape index (κ2) is 6.55.